The van der Waals surface area contributed by atoms with Crippen LogP contribution in [0.15, 0.2) is 53.0 Å². The number of nitrogens with zero attached hydrogens (tertiary/aromatic N) is 1. The quantitative estimate of drug-likeness (QED) is 0.655. The highest BCUT2D eigenvalue weighted by molar-refractivity contribution is 9.10. The van der Waals surface area contributed by atoms with E-state index < -0.39 is 0 Å². The fourth-order valence-electron chi connectivity index (χ4n) is 1.37. The highest BCUT2D eigenvalue weighted by Gasteiger charge is 1.97. The third-order valence-corrected chi connectivity index (χ3v) is 2.70. The van der Waals surface area contributed by atoms with Crippen molar-refractivity contribution in [3.05, 3.63) is 64.4 Å². The summed E-state index contributed by atoms with van der Waals surface area (Å²) in [7, 11) is 0. The summed E-state index contributed by atoms with van der Waals surface area (Å²) in [6, 6.07) is 15.7. The zero-order chi connectivity index (χ0) is 10.7. The van der Waals surface area contributed by atoms with Crippen molar-refractivity contribution in [1.82, 2.24) is 0 Å². The first kappa shape index (κ1) is 9.95. The zero-order valence-corrected chi connectivity index (χ0v) is 9.53. The van der Waals surface area contributed by atoms with Gasteiger partial charge in [-0.2, -0.15) is 0 Å². The maximum Gasteiger partial charge on any atom is 0.187 e. The zero-order valence-electron chi connectivity index (χ0n) is 7.94. The summed E-state index contributed by atoms with van der Waals surface area (Å²) in [6.45, 7) is 6.87. The summed E-state index contributed by atoms with van der Waals surface area (Å²) < 4.78 is 1.07. The summed E-state index contributed by atoms with van der Waals surface area (Å²) >= 11 is 3.40. The van der Waals surface area contributed by atoms with E-state index in [-0.39, 0.29) is 0 Å². The van der Waals surface area contributed by atoms with Gasteiger partial charge in [0.2, 0.25) is 0 Å². The maximum absolute atomic E-state index is 6.87. The molecule has 0 unspecified atom stereocenters. The third-order valence-electron chi connectivity index (χ3n) is 2.17. The normalized spacial score (nSPS) is 9.60. The molecule has 0 atom stereocenters. The Morgan fingerprint density at radius 1 is 0.800 bits per heavy atom. The summed E-state index contributed by atoms with van der Waals surface area (Å²) in [5.41, 5.74) is 2.97. The molecule has 72 valence electrons. The van der Waals surface area contributed by atoms with Crippen LogP contribution in [0.4, 0.5) is 5.69 Å². The van der Waals surface area contributed by atoms with Crippen LogP contribution in [-0.2, 0) is 0 Å². The molecule has 1 nitrogen and oxygen atoms in total. The van der Waals surface area contributed by atoms with Crippen molar-refractivity contribution in [3.8, 4) is 11.1 Å². The second-order valence-corrected chi connectivity index (χ2v) is 4.08. The monoisotopic (exact) mass is 257 g/mol. The summed E-state index contributed by atoms with van der Waals surface area (Å²) in [6.07, 6.45) is 0. The molecule has 0 spiro atoms. The number of rotatable bonds is 1. The van der Waals surface area contributed by atoms with Crippen LogP contribution in [0.2, 0.25) is 0 Å². The fraction of sp³-hybridized carbons (Fsp3) is 0. The molecule has 0 aromatic heterocycles. The van der Waals surface area contributed by atoms with Gasteiger partial charge in [0.25, 0.3) is 0 Å². The van der Waals surface area contributed by atoms with Crippen LogP contribution in [0.1, 0.15) is 0 Å². The van der Waals surface area contributed by atoms with Gasteiger partial charge in [-0.3, -0.25) is 0 Å². The molecule has 0 heterocycles. The van der Waals surface area contributed by atoms with E-state index in [1.54, 1.807) is 0 Å². The largest absolute Gasteiger partial charge is 0.238 e. The molecule has 2 heteroatoms. The molecule has 0 amide bonds. The average molecular weight is 258 g/mol. The van der Waals surface area contributed by atoms with E-state index in [2.05, 4.69) is 32.9 Å². The smallest absolute Gasteiger partial charge is 0.187 e. The Bertz CT molecular complexity index is 492. The number of hydrogen-bond donors (Lipinski definition) is 0. The van der Waals surface area contributed by atoms with Gasteiger partial charge in [-0.05, 0) is 23.3 Å². The summed E-state index contributed by atoms with van der Waals surface area (Å²) in [5, 5.41) is 0. The molecule has 0 N–H and O–H groups in total. The van der Waals surface area contributed by atoms with Crippen molar-refractivity contribution in [2.45, 2.75) is 0 Å². The molecule has 2 rings (SSSR count). The second kappa shape index (κ2) is 4.29. The predicted molar refractivity (Wildman–Crippen MR) is 65.8 cm³/mol. The van der Waals surface area contributed by atoms with Crippen LogP contribution in [0.5, 0.6) is 0 Å². The molecular formula is C13H8BrN. The molecule has 2 aromatic rings. The lowest BCUT2D eigenvalue weighted by molar-refractivity contribution is 1.60. The van der Waals surface area contributed by atoms with Crippen LogP contribution >= 0.6 is 15.9 Å². The first-order valence-corrected chi connectivity index (χ1v) is 5.32. The number of hydrogen-bond acceptors (Lipinski definition) is 0. The molecule has 2 aromatic carbocycles. The summed E-state index contributed by atoms with van der Waals surface area (Å²) in [4.78, 5) is 3.36. The van der Waals surface area contributed by atoms with Crippen molar-refractivity contribution in [3.63, 3.8) is 0 Å². The van der Waals surface area contributed by atoms with Crippen molar-refractivity contribution in [2.24, 2.45) is 0 Å². The Morgan fingerprint density at radius 2 is 1.27 bits per heavy atom. The van der Waals surface area contributed by atoms with Gasteiger partial charge >= 0.3 is 0 Å². The molecule has 0 aliphatic carbocycles. The Morgan fingerprint density at radius 3 is 1.73 bits per heavy atom. The van der Waals surface area contributed by atoms with Gasteiger partial charge in [0.1, 0.15) is 0 Å². The average Bonchev–Trinajstić information content (AvgIpc) is 2.30. The molecular weight excluding hydrogens is 250 g/mol. The number of halogens is 1. The minimum absolute atomic E-state index is 0.677. The van der Waals surface area contributed by atoms with Crippen molar-refractivity contribution in [1.29, 1.82) is 0 Å². The minimum Gasteiger partial charge on any atom is -0.238 e. The fourth-order valence-corrected chi connectivity index (χ4v) is 1.64. The summed E-state index contributed by atoms with van der Waals surface area (Å²) in [5.74, 6) is 0. The van der Waals surface area contributed by atoms with E-state index in [1.165, 1.54) is 0 Å². The van der Waals surface area contributed by atoms with Gasteiger partial charge in [0.05, 0.1) is 6.57 Å². The number of benzene rings is 2. The van der Waals surface area contributed by atoms with Crippen molar-refractivity contribution in [2.75, 3.05) is 0 Å². The Hall–Kier alpha value is -1.59. The van der Waals surface area contributed by atoms with Crippen molar-refractivity contribution < 1.29 is 0 Å². The van der Waals surface area contributed by atoms with Gasteiger partial charge in [0.15, 0.2) is 5.69 Å². The Balaban J connectivity index is 2.38. The first-order valence-electron chi connectivity index (χ1n) is 4.53. The molecule has 0 aliphatic rings. The third kappa shape index (κ3) is 2.26. The minimum atomic E-state index is 0.677. The molecule has 15 heavy (non-hydrogen) atoms. The lowest BCUT2D eigenvalue weighted by Gasteiger charge is -2.01. The maximum atomic E-state index is 6.87. The van der Waals surface area contributed by atoms with Crippen LogP contribution in [-0.4, -0.2) is 0 Å². The van der Waals surface area contributed by atoms with E-state index in [1.807, 2.05) is 36.4 Å². The predicted octanol–water partition coefficient (Wildman–Crippen LogP) is 4.67. The van der Waals surface area contributed by atoms with Crippen LogP contribution in [0.25, 0.3) is 16.0 Å². The van der Waals surface area contributed by atoms with Gasteiger partial charge in [0, 0.05) is 4.47 Å². The van der Waals surface area contributed by atoms with Crippen LogP contribution < -0.4 is 0 Å². The lowest BCUT2D eigenvalue weighted by atomic mass is 10.1. The van der Waals surface area contributed by atoms with Gasteiger partial charge in [-0.1, -0.05) is 52.3 Å². The van der Waals surface area contributed by atoms with Gasteiger partial charge < -0.3 is 0 Å². The van der Waals surface area contributed by atoms with Gasteiger partial charge in [-0.15, -0.1) is 0 Å². The SMILES string of the molecule is [C-]#[N+]c1ccc(-c2ccc(Br)cc2)cc1. The molecule has 0 bridgehead atoms. The Labute approximate surface area is 97.3 Å². The standard InChI is InChI=1S/C13H8BrN/c1-15-13-8-4-11(5-9-13)10-2-6-12(14)7-3-10/h2-9H. The van der Waals surface area contributed by atoms with E-state index in [0.717, 1.165) is 15.6 Å². The Kier molecular flexibility index (Phi) is 2.84. The topological polar surface area (TPSA) is 4.36 Å². The molecule has 0 radical (unpaired) electrons. The van der Waals surface area contributed by atoms with E-state index in [0.29, 0.717) is 5.69 Å². The van der Waals surface area contributed by atoms with Crippen molar-refractivity contribution >= 4 is 21.6 Å². The van der Waals surface area contributed by atoms with E-state index >= 15 is 0 Å². The molecule has 0 fully saturated rings. The van der Waals surface area contributed by atoms with E-state index in [9.17, 15) is 0 Å². The van der Waals surface area contributed by atoms with Gasteiger partial charge in [-0.25, -0.2) is 4.85 Å². The molecule has 0 saturated carbocycles. The van der Waals surface area contributed by atoms with E-state index in [4.69, 9.17) is 6.57 Å². The second-order valence-electron chi connectivity index (χ2n) is 3.17. The molecule has 0 saturated heterocycles. The molecule has 0 aliphatic heterocycles. The van der Waals surface area contributed by atoms with Crippen LogP contribution in [0, 0.1) is 6.57 Å². The highest BCUT2D eigenvalue weighted by Crippen LogP contribution is 2.23. The first-order chi connectivity index (χ1) is 7.29. The highest BCUT2D eigenvalue weighted by atomic mass is 79.9. The van der Waals surface area contributed by atoms with Crippen LogP contribution in [0.3, 0.4) is 0 Å². The lowest BCUT2D eigenvalue weighted by Crippen LogP contribution is -1.75.